The highest BCUT2D eigenvalue weighted by molar-refractivity contribution is 7.93. The Balaban J connectivity index is 2.04. The molecule has 0 saturated carbocycles. The Kier molecular flexibility index (Phi) is 3.94. The summed E-state index contributed by atoms with van der Waals surface area (Å²) in [7, 11) is -1.84. The van der Waals surface area contributed by atoms with Crippen molar-refractivity contribution < 1.29 is 26.3 Å². The topological polar surface area (TPSA) is 43.4 Å². The molecule has 7 heteroatoms. The van der Waals surface area contributed by atoms with Gasteiger partial charge < -0.3 is 4.74 Å². The van der Waals surface area contributed by atoms with Gasteiger partial charge in [0.05, 0.1) is 23.2 Å². The number of benzene rings is 1. The van der Waals surface area contributed by atoms with Crippen LogP contribution in [-0.2, 0) is 16.0 Å². The third kappa shape index (κ3) is 2.86. The number of halogens is 3. The highest BCUT2D eigenvalue weighted by Crippen LogP contribution is 2.42. The molecule has 2 unspecified atom stereocenters. The van der Waals surface area contributed by atoms with Crippen molar-refractivity contribution in [1.29, 1.82) is 0 Å². The maximum atomic E-state index is 12.8. The van der Waals surface area contributed by atoms with E-state index >= 15 is 0 Å². The number of hydrogen-bond acceptors (Lipinski definition) is 3. The van der Waals surface area contributed by atoms with E-state index in [0.29, 0.717) is 24.8 Å². The Bertz CT molecular complexity index is 750. The summed E-state index contributed by atoms with van der Waals surface area (Å²) in [6, 6.07) is 3.35. The molecule has 3 rings (SSSR count). The summed E-state index contributed by atoms with van der Waals surface area (Å²) < 4.78 is 68.1. The van der Waals surface area contributed by atoms with Crippen LogP contribution >= 0.6 is 0 Å². The first-order chi connectivity index (χ1) is 10.7. The van der Waals surface area contributed by atoms with Gasteiger partial charge in [0.25, 0.3) is 0 Å². The summed E-state index contributed by atoms with van der Waals surface area (Å²) in [5, 5.41) is -0.967. The van der Waals surface area contributed by atoms with Crippen LogP contribution in [0.3, 0.4) is 0 Å². The standard InChI is InChI=1S/C16H17F3O3S/c1-22-15-9-11(16(17,18)19)5-6-14(15)10-7-12-3-2-4-13(8-10)23(12,20)21/h5-7,9,12-13H,2-4,8H2,1H3. The van der Waals surface area contributed by atoms with Gasteiger partial charge in [0.15, 0.2) is 9.84 Å². The first-order valence-corrected chi connectivity index (χ1v) is 9.03. The fourth-order valence-corrected chi connectivity index (χ4v) is 5.64. The molecule has 1 aromatic rings. The summed E-state index contributed by atoms with van der Waals surface area (Å²) >= 11 is 0. The lowest BCUT2D eigenvalue weighted by molar-refractivity contribution is -0.137. The van der Waals surface area contributed by atoms with Crippen molar-refractivity contribution in [1.82, 2.24) is 0 Å². The van der Waals surface area contributed by atoms with Crippen LogP contribution in [0, 0.1) is 0 Å². The van der Waals surface area contributed by atoms with Gasteiger partial charge in [-0.15, -0.1) is 0 Å². The fourth-order valence-electron chi connectivity index (χ4n) is 3.39. The van der Waals surface area contributed by atoms with Gasteiger partial charge in [0.1, 0.15) is 5.75 Å². The molecule has 126 valence electrons. The lowest BCUT2D eigenvalue weighted by atomic mass is 9.92. The zero-order valence-corrected chi connectivity index (χ0v) is 13.4. The largest absolute Gasteiger partial charge is 0.496 e. The number of hydrogen-bond donors (Lipinski definition) is 0. The van der Waals surface area contributed by atoms with Crippen molar-refractivity contribution in [2.45, 2.75) is 42.4 Å². The number of rotatable bonds is 2. The van der Waals surface area contributed by atoms with Gasteiger partial charge >= 0.3 is 6.18 Å². The Morgan fingerprint density at radius 1 is 1.22 bits per heavy atom. The first-order valence-electron chi connectivity index (χ1n) is 7.42. The molecule has 0 spiro atoms. The second-order valence-corrected chi connectivity index (χ2v) is 8.44. The third-order valence-corrected chi connectivity index (χ3v) is 7.16. The molecule has 1 aromatic carbocycles. The highest BCUT2D eigenvalue weighted by Gasteiger charge is 2.41. The number of alkyl halides is 3. The predicted octanol–water partition coefficient (Wildman–Crippen LogP) is 3.84. The molecular weight excluding hydrogens is 329 g/mol. The quantitative estimate of drug-likeness (QED) is 0.817. The molecule has 2 heterocycles. The average Bonchev–Trinajstić information content (AvgIpc) is 2.44. The molecule has 3 nitrogen and oxygen atoms in total. The number of allylic oxidation sites excluding steroid dienone is 1. The Morgan fingerprint density at radius 2 is 1.96 bits per heavy atom. The van der Waals surface area contributed by atoms with Crippen LogP contribution in [0.25, 0.3) is 5.57 Å². The molecule has 2 bridgehead atoms. The van der Waals surface area contributed by atoms with Crippen LogP contribution in [0.1, 0.15) is 36.8 Å². The van der Waals surface area contributed by atoms with E-state index in [1.54, 1.807) is 6.08 Å². The van der Waals surface area contributed by atoms with Gasteiger partial charge in [-0.05, 0) is 37.0 Å². The Morgan fingerprint density at radius 3 is 2.57 bits per heavy atom. The molecule has 2 aliphatic rings. The van der Waals surface area contributed by atoms with Crippen molar-refractivity contribution in [2.75, 3.05) is 7.11 Å². The van der Waals surface area contributed by atoms with Gasteiger partial charge in [0.2, 0.25) is 0 Å². The molecular formula is C16H17F3O3S. The van der Waals surface area contributed by atoms with Gasteiger partial charge in [-0.2, -0.15) is 13.2 Å². The molecule has 1 fully saturated rings. The van der Waals surface area contributed by atoms with Crippen molar-refractivity contribution in [2.24, 2.45) is 0 Å². The second-order valence-electron chi connectivity index (χ2n) is 5.99. The third-order valence-electron chi connectivity index (χ3n) is 4.61. The van der Waals surface area contributed by atoms with Crippen LogP contribution in [0.4, 0.5) is 13.2 Å². The summed E-state index contributed by atoms with van der Waals surface area (Å²) in [6.45, 7) is 0. The monoisotopic (exact) mass is 346 g/mol. The van der Waals surface area contributed by atoms with Crippen molar-refractivity contribution in [3.05, 3.63) is 35.4 Å². The second kappa shape index (κ2) is 5.54. The minimum atomic E-state index is -4.44. The smallest absolute Gasteiger partial charge is 0.416 e. The van der Waals surface area contributed by atoms with E-state index < -0.39 is 32.1 Å². The van der Waals surface area contributed by atoms with Crippen molar-refractivity contribution in [3.8, 4) is 5.75 Å². The minimum Gasteiger partial charge on any atom is -0.496 e. The van der Waals surface area contributed by atoms with Crippen LogP contribution in [0.15, 0.2) is 24.3 Å². The number of methoxy groups -OCH3 is 1. The van der Waals surface area contributed by atoms with E-state index in [9.17, 15) is 21.6 Å². The summed E-state index contributed by atoms with van der Waals surface area (Å²) in [5.74, 6) is 0.128. The fraction of sp³-hybridized carbons (Fsp3) is 0.500. The normalized spacial score (nSPS) is 26.5. The van der Waals surface area contributed by atoms with Crippen LogP contribution in [0.2, 0.25) is 0 Å². The van der Waals surface area contributed by atoms with Gasteiger partial charge in [-0.1, -0.05) is 18.6 Å². The van der Waals surface area contributed by atoms with E-state index in [0.717, 1.165) is 24.1 Å². The van der Waals surface area contributed by atoms with Crippen molar-refractivity contribution in [3.63, 3.8) is 0 Å². The summed E-state index contributed by atoms with van der Waals surface area (Å²) in [6.07, 6.45) is -0.365. The summed E-state index contributed by atoms with van der Waals surface area (Å²) in [5.41, 5.74) is 0.537. The van der Waals surface area contributed by atoms with E-state index in [2.05, 4.69) is 0 Å². The summed E-state index contributed by atoms with van der Waals surface area (Å²) in [4.78, 5) is 0. The van der Waals surface area contributed by atoms with E-state index in [1.165, 1.54) is 13.2 Å². The van der Waals surface area contributed by atoms with Gasteiger partial charge in [-0.3, -0.25) is 0 Å². The van der Waals surface area contributed by atoms with Crippen molar-refractivity contribution >= 4 is 15.4 Å². The van der Waals surface area contributed by atoms with Crippen LogP contribution < -0.4 is 4.74 Å². The Hall–Kier alpha value is -1.50. The zero-order chi connectivity index (χ0) is 16.8. The van der Waals surface area contributed by atoms with Crippen LogP contribution in [0.5, 0.6) is 5.75 Å². The SMILES string of the molecule is COc1cc(C(F)(F)F)ccc1C1=CC2CCCC(C1)S2(=O)=O. The minimum absolute atomic E-state index is 0.128. The Labute approximate surface area is 133 Å². The molecule has 0 amide bonds. The molecule has 0 radical (unpaired) electrons. The number of fused-ring (bicyclic) bond motifs is 2. The molecule has 0 aromatic heterocycles. The first kappa shape index (κ1) is 16.4. The molecule has 2 aliphatic heterocycles. The molecule has 1 saturated heterocycles. The zero-order valence-electron chi connectivity index (χ0n) is 12.6. The van der Waals surface area contributed by atoms with Crippen LogP contribution in [-0.4, -0.2) is 26.0 Å². The average molecular weight is 346 g/mol. The predicted molar refractivity (Wildman–Crippen MR) is 80.9 cm³/mol. The van der Waals surface area contributed by atoms with E-state index in [1.807, 2.05) is 0 Å². The highest BCUT2D eigenvalue weighted by atomic mass is 32.2. The number of ether oxygens (including phenoxy) is 1. The van der Waals surface area contributed by atoms with Gasteiger partial charge in [0, 0.05) is 5.56 Å². The van der Waals surface area contributed by atoms with Gasteiger partial charge in [-0.25, -0.2) is 8.42 Å². The molecule has 0 N–H and O–H groups in total. The van der Waals surface area contributed by atoms with E-state index in [4.69, 9.17) is 4.74 Å². The molecule has 0 aliphatic carbocycles. The molecule has 23 heavy (non-hydrogen) atoms. The maximum Gasteiger partial charge on any atom is 0.416 e. The number of sulfone groups is 1. The lowest BCUT2D eigenvalue weighted by Crippen LogP contribution is -2.38. The maximum absolute atomic E-state index is 12.8. The lowest BCUT2D eigenvalue weighted by Gasteiger charge is -2.33. The van der Waals surface area contributed by atoms with E-state index in [-0.39, 0.29) is 5.75 Å². The molecule has 2 atom stereocenters.